The summed E-state index contributed by atoms with van der Waals surface area (Å²) in [6.45, 7) is 12.2. The van der Waals surface area contributed by atoms with Gasteiger partial charge in [-0.2, -0.15) is 0 Å². The van der Waals surface area contributed by atoms with E-state index < -0.39 is 12.1 Å². The van der Waals surface area contributed by atoms with Gasteiger partial charge in [0, 0.05) is 12.1 Å². The highest BCUT2D eigenvalue weighted by atomic mass is 19.1. The van der Waals surface area contributed by atoms with Crippen molar-refractivity contribution in [3.63, 3.8) is 0 Å². The van der Waals surface area contributed by atoms with Gasteiger partial charge in [-0.15, -0.1) is 0 Å². The predicted molar refractivity (Wildman–Crippen MR) is 155 cm³/mol. The molecule has 3 aromatic carbocycles. The largest absolute Gasteiger partial charge is 0.478 e. The van der Waals surface area contributed by atoms with Crippen LogP contribution < -0.4 is 5.32 Å². The molecule has 0 aromatic heterocycles. The molecule has 39 heavy (non-hydrogen) atoms. The Labute approximate surface area is 232 Å². The topological polar surface area (TPSA) is 78.8 Å². The molecule has 0 spiro atoms. The van der Waals surface area contributed by atoms with Crippen molar-refractivity contribution in [2.75, 3.05) is 13.2 Å². The average molecular weight is 536 g/mol. The molecule has 2 unspecified atom stereocenters. The number of carboxylic acids is 1. The van der Waals surface area contributed by atoms with Gasteiger partial charge in [-0.05, 0) is 85.9 Å². The van der Waals surface area contributed by atoms with Crippen LogP contribution in [0.15, 0.2) is 60.7 Å². The summed E-state index contributed by atoms with van der Waals surface area (Å²) in [6.07, 6.45) is 0.337. The first-order chi connectivity index (χ1) is 18.4. The van der Waals surface area contributed by atoms with Gasteiger partial charge in [0.05, 0.1) is 24.4 Å². The van der Waals surface area contributed by atoms with Crippen LogP contribution in [-0.4, -0.2) is 41.0 Å². The second-order valence-corrected chi connectivity index (χ2v) is 11.1. The molecule has 3 atom stereocenters. The number of β-amino-alcohol motifs (C(OH)–C–C–N with tert-alkyl or cyclic N) is 1. The summed E-state index contributed by atoms with van der Waals surface area (Å²) in [5.41, 5.74) is 4.65. The highest BCUT2D eigenvalue weighted by Gasteiger charge is 2.24. The second-order valence-electron chi connectivity index (χ2n) is 11.1. The molecule has 0 bridgehead atoms. The molecule has 5 nitrogen and oxygen atoms in total. The lowest BCUT2D eigenvalue weighted by Gasteiger charge is -2.28. The zero-order valence-electron chi connectivity index (χ0n) is 23.9. The SMILES string of the molecule is CCC(C)c1cccc(-c2ccccc2C(C)OC[C@H](O)CNC(C)(C)Cc2ccc(C)c(F)c2)c1C(=O)O. The highest BCUT2D eigenvalue weighted by Crippen LogP contribution is 2.36. The van der Waals surface area contributed by atoms with E-state index >= 15 is 0 Å². The first-order valence-electron chi connectivity index (χ1n) is 13.7. The van der Waals surface area contributed by atoms with Crippen LogP contribution in [-0.2, 0) is 11.2 Å². The van der Waals surface area contributed by atoms with Gasteiger partial charge in [0.1, 0.15) is 5.82 Å². The van der Waals surface area contributed by atoms with Crippen LogP contribution in [0.1, 0.15) is 85.7 Å². The van der Waals surface area contributed by atoms with Gasteiger partial charge in [0.2, 0.25) is 0 Å². The summed E-state index contributed by atoms with van der Waals surface area (Å²) in [7, 11) is 0. The zero-order chi connectivity index (χ0) is 28.7. The van der Waals surface area contributed by atoms with Gasteiger partial charge in [-0.3, -0.25) is 0 Å². The molecule has 0 saturated carbocycles. The molecule has 0 amide bonds. The second kappa shape index (κ2) is 13.3. The van der Waals surface area contributed by atoms with Gasteiger partial charge in [-0.25, -0.2) is 9.18 Å². The molecule has 0 heterocycles. The van der Waals surface area contributed by atoms with Crippen molar-refractivity contribution in [3.8, 4) is 11.1 Å². The van der Waals surface area contributed by atoms with Crippen molar-refractivity contribution in [2.45, 2.75) is 78.0 Å². The Morgan fingerprint density at radius 1 is 1.03 bits per heavy atom. The molecule has 0 aliphatic rings. The smallest absolute Gasteiger partial charge is 0.336 e. The number of aryl methyl sites for hydroxylation is 1. The van der Waals surface area contributed by atoms with Crippen LogP contribution in [0, 0.1) is 12.7 Å². The van der Waals surface area contributed by atoms with E-state index in [1.54, 1.807) is 19.1 Å². The van der Waals surface area contributed by atoms with Crippen LogP contribution in [0.3, 0.4) is 0 Å². The first-order valence-corrected chi connectivity index (χ1v) is 13.7. The van der Waals surface area contributed by atoms with E-state index in [-0.39, 0.29) is 30.0 Å². The van der Waals surface area contributed by atoms with E-state index in [4.69, 9.17) is 4.74 Å². The molecule has 6 heteroatoms. The fourth-order valence-corrected chi connectivity index (χ4v) is 4.88. The maximum absolute atomic E-state index is 13.9. The number of carboxylic acid groups (broad SMARTS) is 1. The van der Waals surface area contributed by atoms with Gasteiger partial charge >= 0.3 is 5.97 Å². The number of hydrogen-bond donors (Lipinski definition) is 3. The number of aromatic carboxylic acids is 1. The van der Waals surface area contributed by atoms with Crippen molar-refractivity contribution in [2.24, 2.45) is 0 Å². The maximum atomic E-state index is 13.9. The Morgan fingerprint density at radius 2 is 1.69 bits per heavy atom. The summed E-state index contributed by atoms with van der Waals surface area (Å²) >= 11 is 0. The maximum Gasteiger partial charge on any atom is 0.336 e. The Bertz CT molecular complexity index is 1270. The number of nitrogens with one attached hydrogen (secondary N) is 1. The van der Waals surface area contributed by atoms with Crippen molar-refractivity contribution < 1.29 is 24.1 Å². The van der Waals surface area contributed by atoms with Gasteiger partial charge < -0.3 is 20.3 Å². The van der Waals surface area contributed by atoms with E-state index in [0.29, 0.717) is 29.7 Å². The quantitative estimate of drug-likeness (QED) is 0.218. The molecule has 0 aliphatic carbocycles. The molecular weight excluding hydrogens is 493 g/mol. The number of halogens is 1. The van der Waals surface area contributed by atoms with E-state index in [0.717, 1.165) is 28.7 Å². The van der Waals surface area contributed by atoms with Crippen LogP contribution in [0.5, 0.6) is 0 Å². The van der Waals surface area contributed by atoms with E-state index in [1.165, 1.54) is 0 Å². The number of rotatable bonds is 13. The molecule has 0 saturated heterocycles. The number of hydrogen-bond acceptors (Lipinski definition) is 4. The normalized spacial score (nSPS) is 14.2. The lowest BCUT2D eigenvalue weighted by Crippen LogP contribution is -2.46. The monoisotopic (exact) mass is 535 g/mol. The number of ether oxygens (including phenoxy) is 1. The molecule has 3 aromatic rings. The highest BCUT2D eigenvalue weighted by molar-refractivity contribution is 5.98. The molecule has 0 fully saturated rings. The summed E-state index contributed by atoms with van der Waals surface area (Å²) in [5.74, 6) is -1.04. The fraction of sp³-hybridized carbons (Fsp3) is 0.424. The Hall–Kier alpha value is -3.06. The number of aliphatic hydroxyl groups excluding tert-OH is 1. The van der Waals surface area contributed by atoms with Crippen LogP contribution >= 0.6 is 0 Å². The number of aliphatic hydroxyl groups is 1. The Kier molecular flexibility index (Phi) is 10.4. The van der Waals surface area contributed by atoms with Gasteiger partial charge in [-0.1, -0.05) is 68.4 Å². The molecule has 0 radical (unpaired) electrons. The molecule has 3 N–H and O–H groups in total. The zero-order valence-corrected chi connectivity index (χ0v) is 23.9. The standard InChI is InChI=1S/C33H42FNO4/c1-7-21(2)26-13-10-14-29(31(26)32(37)38)28-12-9-8-11-27(28)23(4)39-20-25(36)19-35-33(5,6)18-24-16-15-22(3)30(34)17-24/h8-17,21,23,25,35-36H,7,18-20H2,1-6H3,(H,37,38)/t21?,23?,25-/m1/s1. The lowest BCUT2D eigenvalue weighted by atomic mass is 9.86. The molecule has 210 valence electrons. The third-order valence-electron chi connectivity index (χ3n) is 7.38. The van der Waals surface area contributed by atoms with Crippen molar-refractivity contribution in [1.82, 2.24) is 5.32 Å². The molecule has 3 rings (SSSR count). The van der Waals surface area contributed by atoms with E-state index in [2.05, 4.69) is 12.2 Å². The Morgan fingerprint density at radius 3 is 2.36 bits per heavy atom. The fourth-order valence-electron chi connectivity index (χ4n) is 4.88. The van der Waals surface area contributed by atoms with Crippen molar-refractivity contribution in [3.05, 3.63) is 94.3 Å². The summed E-state index contributed by atoms with van der Waals surface area (Å²) in [6, 6.07) is 18.6. The molecule has 0 aliphatic heterocycles. The molecular formula is C33H42FNO4. The minimum atomic E-state index is -0.943. The van der Waals surface area contributed by atoms with Gasteiger partial charge in [0.25, 0.3) is 0 Å². The van der Waals surface area contributed by atoms with E-state index in [1.807, 2.05) is 76.2 Å². The van der Waals surface area contributed by atoms with E-state index in [9.17, 15) is 19.4 Å². The van der Waals surface area contributed by atoms with Gasteiger partial charge in [0.15, 0.2) is 0 Å². The first kappa shape index (κ1) is 30.5. The van der Waals surface area contributed by atoms with Crippen molar-refractivity contribution >= 4 is 5.97 Å². The summed E-state index contributed by atoms with van der Waals surface area (Å²) < 4.78 is 20.0. The minimum Gasteiger partial charge on any atom is -0.478 e. The minimum absolute atomic E-state index is 0.108. The third kappa shape index (κ3) is 7.98. The van der Waals surface area contributed by atoms with Crippen molar-refractivity contribution in [1.29, 1.82) is 0 Å². The number of carbonyl (C=O) groups is 1. The third-order valence-corrected chi connectivity index (χ3v) is 7.38. The average Bonchev–Trinajstić information content (AvgIpc) is 2.91. The number of benzene rings is 3. The summed E-state index contributed by atoms with van der Waals surface area (Å²) in [5, 5.41) is 24.1. The van der Waals surface area contributed by atoms with Crippen LogP contribution in [0.4, 0.5) is 4.39 Å². The van der Waals surface area contributed by atoms with Crippen LogP contribution in [0.2, 0.25) is 0 Å². The Balaban J connectivity index is 1.68. The summed E-state index contributed by atoms with van der Waals surface area (Å²) in [4.78, 5) is 12.3. The lowest BCUT2D eigenvalue weighted by molar-refractivity contribution is -0.00397. The predicted octanol–water partition coefficient (Wildman–Crippen LogP) is 7.06. The van der Waals surface area contributed by atoms with Crippen LogP contribution in [0.25, 0.3) is 11.1 Å².